The molecule has 6 rings (SSSR count). The Morgan fingerprint density at radius 2 is 1.23 bits per heavy atom. The molecule has 0 saturated heterocycles. The van der Waals surface area contributed by atoms with Gasteiger partial charge in [0.2, 0.25) is 0 Å². The smallest absolute Gasteiger partial charge is 0.177 e. The first-order valence-electron chi connectivity index (χ1n) is 13.0. The van der Waals surface area contributed by atoms with Gasteiger partial charge in [-0.1, -0.05) is 137 Å². The molecule has 4 aromatic carbocycles. The van der Waals surface area contributed by atoms with Crippen molar-refractivity contribution in [3.8, 4) is 0 Å². The number of benzene rings is 4. The Balaban J connectivity index is 1.65. The number of aromatic nitrogens is 5. The molecule has 6 aromatic rings. The van der Waals surface area contributed by atoms with Crippen LogP contribution in [-0.4, -0.2) is 25.2 Å². The van der Waals surface area contributed by atoms with Crippen molar-refractivity contribution in [2.45, 2.75) is 10.9 Å². The maximum absolute atomic E-state index is 4.69. The molecule has 0 unspecified atom stereocenters. The molecule has 0 atom stereocenters. The monoisotopic (exact) mass is 583 g/mol. The average molecular weight is 585 g/mol. The van der Waals surface area contributed by atoms with Gasteiger partial charge in [0.1, 0.15) is 5.54 Å². The van der Waals surface area contributed by atoms with Gasteiger partial charge in [0.15, 0.2) is 5.82 Å². The first kappa shape index (κ1) is 25.6. The molecule has 0 radical (unpaired) electrons. The van der Waals surface area contributed by atoms with E-state index in [1.807, 2.05) is 47.2 Å². The number of hydrogen-bond acceptors (Lipinski definition) is 4. The molecular formula is C34H26BrN5. The third-order valence-corrected chi connectivity index (χ3v) is 7.67. The van der Waals surface area contributed by atoms with Crippen molar-refractivity contribution in [1.29, 1.82) is 0 Å². The van der Waals surface area contributed by atoms with E-state index in [2.05, 4.69) is 134 Å². The molecule has 194 valence electrons. The molecule has 0 aliphatic carbocycles. The summed E-state index contributed by atoms with van der Waals surface area (Å²) in [6.45, 7) is 0. The Bertz CT molecular complexity index is 1600. The van der Waals surface area contributed by atoms with Crippen molar-refractivity contribution in [2.24, 2.45) is 0 Å². The van der Waals surface area contributed by atoms with Gasteiger partial charge in [0.25, 0.3) is 0 Å². The lowest BCUT2D eigenvalue weighted by molar-refractivity contribution is 0.443. The van der Waals surface area contributed by atoms with Crippen molar-refractivity contribution in [2.75, 3.05) is 0 Å². The van der Waals surface area contributed by atoms with E-state index < -0.39 is 5.54 Å². The van der Waals surface area contributed by atoms with Crippen LogP contribution in [-0.2, 0) is 10.9 Å². The zero-order valence-electron chi connectivity index (χ0n) is 21.7. The summed E-state index contributed by atoms with van der Waals surface area (Å²) in [6.07, 6.45) is 3.84. The maximum atomic E-state index is 4.69. The molecule has 5 nitrogen and oxygen atoms in total. The largest absolute Gasteiger partial charge is 0.256 e. The summed E-state index contributed by atoms with van der Waals surface area (Å²) in [5, 5.41) is 14.3. The normalized spacial score (nSPS) is 11.9. The van der Waals surface area contributed by atoms with Gasteiger partial charge >= 0.3 is 0 Å². The number of alkyl halides is 1. The summed E-state index contributed by atoms with van der Waals surface area (Å²) in [5.41, 5.74) is 6.33. The molecule has 2 aromatic heterocycles. The average Bonchev–Trinajstić information content (AvgIpc) is 3.51. The minimum atomic E-state index is -0.825. The Hall–Kier alpha value is -4.68. The van der Waals surface area contributed by atoms with Crippen LogP contribution in [0.5, 0.6) is 0 Å². The summed E-state index contributed by atoms with van der Waals surface area (Å²) in [5.74, 6) is 0.613. The van der Waals surface area contributed by atoms with Gasteiger partial charge in [-0.05, 0) is 56.5 Å². The predicted octanol–water partition coefficient (Wildman–Crippen LogP) is 7.39. The first-order valence-corrected chi connectivity index (χ1v) is 14.2. The molecule has 0 aliphatic heterocycles. The summed E-state index contributed by atoms with van der Waals surface area (Å²) in [7, 11) is 0. The van der Waals surface area contributed by atoms with E-state index in [-0.39, 0.29) is 0 Å². The third kappa shape index (κ3) is 4.78. The number of pyridine rings is 1. The topological polar surface area (TPSA) is 56.5 Å². The van der Waals surface area contributed by atoms with E-state index in [4.69, 9.17) is 0 Å². The first-order chi connectivity index (χ1) is 19.8. The standard InChI is InChI=1S/C34H26BrN5/c35-25-26-19-21-27(22-20-26)31(32-18-10-11-23-36-32)24-33-37-38-39-40(33)34(28-12-4-1-5-13-28,29-14-6-2-7-15-29)30-16-8-3-9-17-30/h1-24H,25H2. The zero-order valence-corrected chi connectivity index (χ0v) is 23.3. The Labute approximate surface area is 242 Å². The van der Waals surface area contributed by atoms with Crippen LogP contribution in [0.2, 0.25) is 0 Å². The molecule has 6 heteroatoms. The second-order valence-electron chi connectivity index (χ2n) is 9.36. The molecule has 0 amide bonds. The molecule has 0 spiro atoms. The lowest BCUT2D eigenvalue weighted by Crippen LogP contribution is -2.39. The predicted molar refractivity (Wildman–Crippen MR) is 163 cm³/mol. The quantitative estimate of drug-likeness (QED) is 0.138. The molecule has 40 heavy (non-hydrogen) atoms. The number of nitrogens with zero attached hydrogens (tertiary/aromatic N) is 5. The van der Waals surface area contributed by atoms with Crippen molar-refractivity contribution in [1.82, 2.24) is 25.2 Å². The maximum Gasteiger partial charge on any atom is 0.177 e. The van der Waals surface area contributed by atoms with Crippen molar-refractivity contribution < 1.29 is 0 Å². The van der Waals surface area contributed by atoms with E-state index in [0.717, 1.165) is 38.9 Å². The van der Waals surface area contributed by atoms with Crippen LogP contribution in [0.4, 0.5) is 0 Å². The van der Waals surface area contributed by atoms with Gasteiger partial charge in [0, 0.05) is 17.1 Å². The minimum absolute atomic E-state index is 0.613. The summed E-state index contributed by atoms with van der Waals surface area (Å²) in [6, 6.07) is 45.6. The summed E-state index contributed by atoms with van der Waals surface area (Å²) >= 11 is 3.55. The highest BCUT2D eigenvalue weighted by Crippen LogP contribution is 2.41. The highest BCUT2D eigenvalue weighted by molar-refractivity contribution is 9.08. The molecule has 0 bridgehead atoms. The zero-order chi connectivity index (χ0) is 27.2. The van der Waals surface area contributed by atoms with Gasteiger partial charge in [-0.15, -0.1) is 5.10 Å². The van der Waals surface area contributed by atoms with E-state index in [1.165, 1.54) is 5.56 Å². The molecule has 0 fully saturated rings. The Morgan fingerprint density at radius 1 is 0.675 bits per heavy atom. The van der Waals surface area contributed by atoms with Crippen LogP contribution in [0.25, 0.3) is 11.6 Å². The fraction of sp³-hybridized carbons (Fsp3) is 0.0588. The van der Waals surface area contributed by atoms with Crippen LogP contribution in [0.1, 0.15) is 39.3 Å². The van der Waals surface area contributed by atoms with Crippen LogP contribution in [0.3, 0.4) is 0 Å². The fourth-order valence-corrected chi connectivity index (χ4v) is 5.53. The highest BCUT2D eigenvalue weighted by Gasteiger charge is 2.41. The summed E-state index contributed by atoms with van der Waals surface area (Å²) < 4.78 is 1.93. The Morgan fingerprint density at radius 3 is 1.73 bits per heavy atom. The fourth-order valence-electron chi connectivity index (χ4n) is 5.16. The SMILES string of the molecule is BrCc1ccc(C(=Cc2nnnn2C(c2ccccc2)(c2ccccc2)c2ccccc2)c2ccccn2)cc1. The number of halogens is 1. The summed E-state index contributed by atoms with van der Waals surface area (Å²) in [4.78, 5) is 4.69. The van der Waals surface area contributed by atoms with Crippen molar-refractivity contribution in [3.63, 3.8) is 0 Å². The second-order valence-corrected chi connectivity index (χ2v) is 9.92. The van der Waals surface area contributed by atoms with E-state index in [9.17, 15) is 0 Å². The van der Waals surface area contributed by atoms with Gasteiger partial charge in [0.05, 0.1) is 5.69 Å². The minimum Gasteiger partial charge on any atom is -0.256 e. The van der Waals surface area contributed by atoms with Crippen molar-refractivity contribution in [3.05, 3.63) is 179 Å². The van der Waals surface area contributed by atoms with Crippen LogP contribution in [0.15, 0.2) is 140 Å². The molecule has 0 aliphatic rings. The van der Waals surface area contributed by atoms with Crippen molar-refractivity contribution >= 4 is 27.6 Å². The van der Waals surface area contributed by atoms with Gasteiger partial charge in [-0.3, -0.25) is 4.98 Å². The number of hydrogen-bond donors (Lipinski definition) is 0. The lowest BCUT2D eigenvalue weighted by atomic mass is 9.77. The highest BCUT2D eigenvalue weighted by atomic mass is 79.9. The van der Waals surface area contributed by atoms with E-state index in [1.54, 1.807) is 6.20 Å². The van der Waals surface area contributed by atoms with Crippen LogP contribution in [0, 0.1) is 0 Å². The van der Waals surface area contributed by atoms with Crippen LogP contribution >= 0.6 is 15.9 Å². The lowest BCUT2D eigenvalue weighted by Gasteiger charge is -2.36. The van der Waals surface area contributed by atoms with Gasteiger partial charge in [-0.2, -0.15) is 0 Å². The van der Waals surface area contributed by atoms with Gasteiger partial charge < -0.3 is 0 Å². The molecule has 0 saturated carbocycles. The Kier molecular flexibility index (Phi) is 7.42. The van der Waals surface area contributed by atoms with Crippen LogP contribution < -0.4 is 0 Å². The molecule has 2 heterocycles. The second kappa shape index (κ2) is 11.6. The van der Waals surface area contributed by atoms with Gasteiger partial charge in [-0.25, -0.2) is 4.68 Å². The third-order valence-electron chi connectivity index (χ3n) is 7.02. The number of tetrazole rings is 1. The molecular weight excluding hydrogens is 558 g/mol. The number of rotatable bonds is 8. The molecule has 0 N–H and O–H groups in total. The van der Waals surface area contributed by atoms with E-state index in [0.29, 0.717) is 5.82 Å². The van der Waals surface area contributed by atoms with E-state index >= 15 is 0 Å².